The molecule has 0 aliphatic heterocycles. The minimum Gasteiger partial charge on any atom is -0.325 e. The molecular formula is C17H20N2O3S. The Balaban J connectivity index is 2.15. The molecule has 23 heavy (non-hydrogen) atoms. The average Bonchev–Trinajstić information content (AvgIpc) is 2.47. The zero-order valence-corrected chi connectivity index (χ0v) is 13.9. The van der Waals surface area contributed by atoms with Gasteiger partial charge in [-0.2, -0.15) is 0 Å². The van der Waals surface area contributed by atoms with E-state index in [1.54, 1.807) is 24.3 Å². The number of rotatable bonds is 6. The monoisotopic (exact) mass is 332 g/mol. The maximum atomic E-state index is 12.5. The fourth-order valence-corrected chi connectivity index (χ4v) is 2.92. The lowest BCUT2D eigenvalue weighted by molar-refractivity contribution is -0.117. The van der Waals surface area contributed by atoms with Gasteiger partial charge in [0.15, 0.2) is 0 Å². The summed E-state index contributed by atoms with van der Waals surface area (Å²) >= 11 is 0. The SMILES string of the molecule is CC[C@@H](C(=O)Nc1cccc(NS(C)(=O)=O)c1)c1ccccc1. The number of benzene rings is 2. The van der Waals surface area contributed by atoms with E-state index >= 15 is 0 Å². The normalized spacial score (nSPS) is 12.4. The fraction of sp³-hybridized carbons (Fsp3) is 0.235. The Labute approximate surface area is 136 Å². The Bertz CT molecular complexity index is 773. The minimum atomic E-state index is -3.35. The first-order chi connectivity index (χ1) is 10.9. The summed E-state index contributed by atoms with van der Waals surface area (Å²) in [5.41, 5.74) is 1.93. The van der Waals surface area contributed by atoms with Crippen molar-refractivity contribution in [3.8, 4) is 0 Å². The van der Waals surface area contributed by atoms with Gasteiger partial charge in [0.2, 0.25) is 15.9 Å². The Morgan fingerprint density at radius 2 is 1.70 bits per heavy atom. The molecule has 0 saturated heterocycles. The van der Waals surface area contributed by atoms with Crippen LogP contribution >= 0.6 is 0 Å². The van der Waals surface area contributed by atoms with Crippen molar-refractivity contribution in [3.63, 3.8) is 0 Å². The zero-order chi connectivity index (χ0) is 16.9. The standard InChI is InChI=1S/C17H20N2O3S/c1-3-16(13-8-5-4-6-9-13)17(20)18-14-10-7-11-15(12-14)19-23(2,21)22/h4-12,16,19H,3H2,1-2H3,(H,18,20)/t16-/m1/s1. The molecule has 0 bridgehead atoms. The van der Waals surface area contributed by atoms with Crippen molar-refractivity contribution < 1.29 is 13.2 Å². The summed E-state index contributed by atoms with van der Waals surface area (Å²) in [4.78, 5) is 12.5. The average molecular weight is 332 g/mol. The molecule has 0 spiro atoms. The molecule has 122 valence electrons. The van der Waals surface area contributed by atoms with Crippen LogP contribution in [0.4, 0.5) is 11.4 Å². The van der Waals surface area contributed by atoms with Gasteiger partial charge < -0.3 is 5.32 Å². The predicted molar refractivity (Wildman–Crippen MR) is 93.0 cm³/mol. The molecule has 0 fully saturated rings. The van der Waals surface area contributed by atoms with Crippen LogP contribution in [-0.4, -0.2) is 20.6 Å². The molecule has 2 aromatic carbocycles. The van der Waals surface area contributed by atoms with Crippen LogP contribution < -0.4 is 10.0 Å². The van der Waals surface area contributed by atoms with Crippen LogP contribution in [0.15, 0.2) is 54.6 Å². The Morgan fingerprint density at radius 3 is 2.30 bits per heavy atom. The molecule has 2 aromatic rings. The first kappa shape index (κ1) is 17.0. The molecule has 2 rings (SSSR count). The fourth-order valence-electron chi connectivity index (χ4n) is 2.36. The molecular weight excluding hydrogens is 312 g/mol. The highest BCUT2D eigenvalue weighted by molar-refractivity contribution is 7.92. The summed E-state index contributed by atoms with van der Waals surface area (Å²) in [5, 5.41) is 2.84. The number of anilines is 2. The molecule has 1 amide bonds. The lowest BCUT2D eigenvalue weighted by Gasteiger charge is -2.16. The van der Waals surface area contributed by atoms with Crippen molar-refractivity contribution in [2.75, 3.05) is 16.3 Å². The second-order valence-corrected chi connectivity index (χ2v) is 7.06. The summed E-state index contributed by atoms with van der Waals surface area (Å²) in [5.74, 6) is -0.363. The van der Waals surface area contributed by atoms with E-state index in [9.17, 15) is 13.2 Å². The Morgan fingerprint density at radius 1 is 1.04 bits per heavy atom. The van der Waals surface area contributed by atoms with Gasteiger partial charge >= 0.3 is 0 Å². The summed E-state index contributed by atoms with van der Waals surface area (Å²) < 4.78 is 24.9. The highest BCUT2D eigenvalue weighted by Crippen LogP contribution is 2.23. The number of sulfonamides is 1. The summed E-state index contributed by atoms with van der Waals surface area (Å²) in [7, 11) is -3.35. The van der Waals surface area contributed by atoms with Crippen LogP contribution in [0.3, 0.4) is 0 Å². The van der Waals surface area contributed by atoms with Gasteiger partial charge in [-0.25, -0.2) is 8.42 Å². The van der Waals surface area contributed by atoms with Gasteiger partial charge in [-0.15, -0.1) is 0 Å². The zero-order valence-electron chi connectivity index (χ0n) is 13.1. The van der Waals surface area contributed by atoms with E-state index in [4.69, 9.17) is 0 Å². The van der Waals surface area contributed by atoms with Gasteiger partial charge in [-0.3, -0.25) is 9.52 Å². The molecule has 5 nitrogen and oxygen atoms in total. The predicted octanol–water partition coefficient (Wildman–Crippen LogP) is 3.19. The third kappa shape index (κ3) is 5.10. The third-order valence-corrected chi connectivity index (χ3v) is 3.97. The van der Waals surface area contributed by atoms with Crippen LogP contribution in [-0.2, 0) is 14.8 Å². The quantitative estimate of drug-likeness (QED) is 0.853. The van der Waals surface area contributed by atoms with Crippen LogP contribution in [0.2, 0.25) is 0 Å². The van der Waals surface area contributed by atoms with Gasteiger partial charge in [-0.1, -0.05) is 43.3 Å². The second kappa shape index (κ2) is 7.28. The molecule has 0 aliphatic rings. The number of carbonyl (C=O) groups is 1. The van der Waals surface area contributed by atoms with Crippen LogP contribution in [0, 0.1) is 0 Å². The number of nitrogens with one attached hydrogen (secondary N) is 2. The molecule has 0 radical (unpaired) electrons. The molecule has 0 heterocycles. The van der Waals surface area contributed by atoms with E-state index in [1.807, 2.05) is 37.3 Å². The van der Waals surface area contributed by atoms with Gasteiger partial charge in [0.1, 0.15) is 0 Å². The Hall–Kier alpha value is -2.34. The molecule has 0 unspecified atom stereocenters. The van der Waals surface area contributed by atoms with Crippen molar-refractivity contribution in [2.45, 2.75) is 19.3 Å². The summed E-state index contributed by atoms with van der Waals surface area (Å²) in [6.45, 7) is 1.96. The van der Waals surface area contributed by atoms with Crippen LogP contribution in [0.25, 0.3) is 0 Å². The third-order valence-electron chi connectivity index (χ3n) is 3.36. The highest BCUT2D eigenvalue weighted by atomic mass is 32.2. The van der Waals surface area contributed by atoms with Crippen LogP contribution in [0.5, 0.6) is 0 Å². The van der Waals surface area contributed by atoms with Gasteiger partial charge in [-0.05, 0) is 30.2 Å². The number of hydrogen-bond donors (Lipinski definition) is 2. The topological polar surface area (TPSA) is 75.3 Å². The molecule has 0 saturated carbocycles. The van der Waals surface area contributed by atoms with Crippen LogP contribution in [0.1, 0.15) is 24.8 Å². The number of hydrogen-bond acceptors (Lipinski definition) is 3. The van der Waals surface area contributed by atoms with Crippen molar-refractivity contribution in [3.05, 3.63) is 60.2 Å². The molecule has 1 atom stereocenters. The number of carbonyl (C=O) groups excluding carboxylic acids is 1. The van der Waals surface area contributed by atoms with Crippen molar-refractivity contribution >= 4 is 27.3 Å². The van der Waals surface area contributed by atoms with Crippen molar-refractivity contribution in [2.24, 2.45) is 0 Å². The van der Waals surface area contributed by atoms with E-state index in [2.05, 4.69) is 10.0 Å². The van der Waals surface area contributed by atoms with Crippen molar-refractivity contribution in [1.82, 2.24) is 0 Å². The number of amides is 1. The largest absolute Gasteiger partial charge is 0.325 e. The minimum absolute atomic E-state index is 0.116. The smallest absolute Gasteiger partial charge is 0.231 e. The lowest BCUT2D eigenvalue weighted by Crippen LogP contribution is -2.20. The maximum Gasteiger partial charge on any atom is 0.231 e. The maximum absolute atomic E-state index is 12.5. The van der Waals surface area contributed by atoms with Crippen molar-refractivity contribution in [1.29, 1.82) is 0 Å². The molecule has 0 aromatic heterocycles. The van der Waals surface area contributed by atoms with Gasteiger partial charge in [0.05, 0.1) is 17.9 Å². The summed E-state index contributed by atoms with van der Waals surface area (Å²) in [6.07, 6.45) is 1.76. The molecule has 6 heteroatoms. The Kier molecular flexibility index (Phi) is 5.39. The van der Waals surface area contributed by atoms with E-state index in [1.165, 1.54) is 0 Å². The summed E-state index contributed by atoms with van der Waals surface area (Å²) in [6, 6.07) is 16.2. The first-order valence-electron chi connectivity index (χ1n) is 7.32. The molecule has 0 aliphatic carbocycles. The van der Waals surface area contributed by atoms with Gasteiger partial charge in [0, 0.05) is 5.69 Å². The van der Waals surface area contributed by atoms with Gasteiger partial charge in [0.25, 0.3) is 0 Å². The highest BCUT2D eigenvalue weighted by Gasteiger charge is 2.18. The van der Waals surface area contributed by atoms with E-state index in [-0.39, 0.29) is 11.8 Å². The second-order valence-electron chi connectivity index (χ2n) is 5.32. The van der Waals surface area contributed by atoms with E-state index in [0.29, 0.717) is 17.8 Å². The van der Waals surface area contributed by atoms with E-state index < -0.39 is 10.0 Å². The first-order valence-corrected chi connectivity index (χ1v) is 9.22. The lowest BCUT2D eigenvalue weighted by atomic mass is 9.95. The molecule has 2 N–H and O–H groups in total. The van der Waals surface area contributed by atoms with E-state index in [0.717, 1.165) is 11.8 Å².